The van der Waals surface area contributed by atoms with Gasteiger partial charge in [-0.1, -0.05) is 11.8 Å². The first-order valence-electron chi connectivity index (χ1n) is 4.26. The number of hydrogen-bond acceptors (Lipinski definition) is 5. The average molecular weight is 209 g/mol. The van der Waals surface area contributed by atoms with E-state index in [1.54, 1.807) is 53.8 Å². The van der Waals surface area contributed by atoms with Gasteiger partial charge < -0.3 is 5.11 Å². The van der Waals surface area contributed by atoms with Gasteiger partial charge in [0, 0.05) is 18.0 Å². The maximum absolute atomic E-state index is 10.3. The SMILES string of the molecule is CC(O)(c1ccncc1)N1CSC=N1. The number of thioether (sulfide) groups is 1. The van der Waals surface area contributed by atoms with Crippen molar-refractivity contribution in [3.63, 3.8) is 0 Å². The number of hydrazone groups is 1. The van der Waals surface area contributed by atoms with E-state index in [1.165, 1.54) is 0 Å². The highest BCUT2D eigenvalue weighted by molar-refractivity contribution is 8.12. The van der Waals surface area contributed by atoms with Crippen molar-refractivity contribution in [1.82, 2.24) is 9.99 Å². The Morgan fingerprint density at radius 1 is 1.50 bits per heavy atom. The third-order valence-electron chi connectivity index (χ3n) is 2.19. The quantitative estimate of drug-likeness (QED) is 0.795. The molecule has 0 aromatic carbocycles. The van der Waals surface area contributed by atoms with Crippen LogP contribution in [0.25, 0.3) is 0 Å². The molecule has 0 saturated heterocycles. The van der Waals surface area contributed by atoms with Crippen LogP contribution in [0.5, 0.6) is 0 Å². The smallest absolute Gasteiger partial charge is 0.177 e. The molecule has 1 aliphatic rings. The lowest BCUT2D eigenvalue weighted by Gasteiger charge is -2.31. The van der Waals surface area contributed by atoms with Crippen LogP contribution >= 0.6 is 11.8 Å². The van der Waals surface area contributed by atoms with Gasteiger partial charge in [0.15, 0.2) is 5.72 Å². The molecule has 0 fully saturated rings. The standard InChI is InChI=1S/C9H11N3OS/c1-9(13,12-7-14-6-11-12)8-2-4-10-5-3-8/h2-6,13H,7H2,1H3. The van der Waals surface area contributed by atoms with Crippen LogP contribution in [0.4, 0.5) is 0 Å². The Kier molecular flexibility index (Phi) is 2.43. The van der Waals surface area contributed by atoms with Crippen molar-refractivity contribution in [2.24, 2.45) is 5.10 Å². The number of pyridine rings is 1. The van der Waals surface area contributed by atoms with E-state index in [0.29, 0.717) is 5.88 Å². The van der Waals surface area contributed by atoms with Crippen molar-refractivity contribution < 1.29 is 5.11 Å². The van der Waals surface area contributed by atoms with Gasteiger partial charge in [0.1, 0.15) is 0 Å². The zero-order chi connectivity index (χ0) is 10.0. The largest absolute Gasteiger partial charge is 0.366 e. The fourth-order valence-corrected chi connectivity index (χ4v) is 1.99. The van der Waals surface area contributed by atoms with E-state index < -0.39 is 5.72 Å². The van der Waals surface area contributed by atoms with Gasteiger partial charge in [-0.25, -0.2) is 0 Å². The van der Waals surface area contributed by atoms with Gasteiger partial charge in [-0.2, -0.15) is 5.10 Å². The van der Waals surface area contributed by atoms with E-state index in [-0.39, 0.29) is 0 Å². The number of aromatic nitrogens is 1. The highest BCUT2D eigenvalue weighted by atomic mass is 32.2. The molecule has 1 aromatic heterocycles. The predicted octanol–water partition coefficient (Wildman–Crippen LogP) is 1.20. The van der Waals surface area contributed by atoms with Crippen LogP contribution in [0.15, 0.2) is 29.6 Å². The number of rotatable bonds is 2. The first kappa shape index (κ1) is 9.48. The Bertz CT molecular complexity index is 339. The Hall–Kier alpha value is -1.07. The zero-order valence-corrected chi connectivity index (χ0v) is 8.61. The number of hydrogen-bond donors (Lipinski definition) is 1. The molecule has 1 aliphatic heterocycles. The summed E-state index contributed by atoms with van der Waals surface area (Å²) in [4.78, 5) is 3.91. The molecule has 0 bridgehead atoms. The minimum Gasteiger partial charge on any atom is -0.366 e. The molecule has 74 valence electrons. The van der Waals surface area contributed by atoms with Gasteiger partial charge in [0.05, 0.1) is 11.4 Å². The molecule has 0 radical (unpaired) electrons. The van der Waals surface area contributed by atoms with Crippen LogP contribution in [0, 0.1) is 0 Å². The van der Waals surface area contributed by atoms with Crippen molar-refractivity contribution in [2.75, 3.05) is 5.88 Å². The maximum atomic E-state index is 10.3. The van der Waals surface area contributed by atoms with Crippen LogP contribution in [0.2, 0.25) is 0 Å². The van der Waals surface area contributed by atoms with E-state index in [4.69, 9.17) is 0 Å². The summed E-state index contributed by atoms with van der Waals surface area (Å²) in [5.41, 5.74) is 1.48. The molecule has 1 aromatic rings. The van der Waals surface area contributed by atoms with Crippen molar-refractivity contribution in [1.29, 1.82) is 0 Å². The average Bonchev–Trinajstić information content (AvgIpc) is 2.72. The lowest BCUT2D eigenvalue weighted by Crippen LogP contribution is -2.38. The topological polar surface area (TPSA) is 48.7 Å². The Labute approximate surface area is 86.6 Å². The molecule has 0 aliphatic carbocycles. The van der Waals surface area contributed by atoms with Crippen LogP contribution < -0.4 is 0 Å². The highest BCUT2D eigenvalue weighted by Gasteiger charge is 2.31. The predicted molar refractivity (Wildman–Crippen MR) is 56.6 cm³/mol. The molecule has 0 amide bonds. The second-order valence-corrected chi connectivity index (χ2v) is 3.98. The molecule has 0 spiro atoms. The molecule has 4 nitrogen and oxygen atoms in total. The monoisotopic (exact) mass is 209 g/mol. The zero-order valence-electron chi connectivity index (χ0n) is 7.79. The minimum absolute atomic E-state index is 0.676. The van der Waals surface area contributed by atoms with Crippen molar-refractivity contribution in [3.8, 4) is 0 Å². The summed E-state index contributed by atoms with van der Waals surface area (Å²) in [7, 11) is 0. The van der Waals surface area contributed by atoms with E-state index in [0.717, 1.165) is 5.56 Å². The molecule has 2 heterocycles. The van der Waals surface area contributed by atoms with Crippen LogP contribution in [0.3, 0.4) is 0 Å². The van der Waals surface area contributed by atoms with Crippen LogP contribution in [0.1, 0.15) is 12.5 Å². The van der Waals surface area contributed by atoms with E-state index in [9.17, 15) is 5.11 Å². The fraction of sp³-hybridized carbons (Fsp3) is 0.333. The molecule has 14 heavy (non-hydrogen) atoms. The maximum Gasteiger partial charge on any atom is 0.177 e. The third-order valence-corrected chi connectivity index (χ3v) is 2.82. The molecular weight excluding hydrogens is 198 g/mol. The van der Waals surface area contributed by atoms with Crippen molar-refractivity contribution in [3.05, 3.63) is 30.1 Å². The lowest BCUT2D eigenvalue weighted by molar-refractivity contribution is -0.0877. The van der Waals surface area contributed by atoms with Gasteiger partial charge in [0.25, 0.3) is 0 Å². The minimum atomic E-state index is -1.05. The summed E-state index contributed by atoms with van der Waals surface area (Å²) in [6.45, 7) is 1.73. The third kappa shape index (κ3) is 1.60. The van der Waals surface area contributed by atoms with Crippen molar-refractivity contribution >= 4 is 17.3 Å². The number of nitrogens with zero attached hydrogens (tertiary/aromatic N) is 3. The molecule has 2 rings (SSSR count). The lowest BCUT2D eigenvalue weighted by atomic mass is 10.1. The van der Waals surface area contributed by atoms with E-state index in [1.807, 2.05) is 0 Å². The molecule has 1 atom stereocenters. The van der Waals surface area contributed by atoms with Gasteiger partial charge in [-0.15, -0.1) is 0 Å². The Morgan fingerprint density at radius 3 is 2.79 bits per heavy atom. The molecule has 5 heteroatoms. The molecule has 1 N–H and O–H groups in total. The first-order chi connectivity index (χ1) is 6.71. The normalized spacial score (nSPS) is 19.7. The summed E-state index contributed by atoms with van der Waals surface area (Å²) in [6, 6.07) is 3.58. The van der Waals surface area contributed by atoms with Crippen molar-refractivity contribution in [2.45, 2.75) is 12.6 Å². The van der Waals surface area contributed by atoms with Gasteiger partial charge in [-0.05, 0) is 19.1 Å². The van der Waals surface area contributed by atoms with Crippen LogP contribution in [-0.2, 0) is 5.72 Å². The summed E-state index contributed by atoms with van der Waals surface area (Å²) in [6.07, 6.45) is 3.33. The molecule has 1 unspecified atom stereocenters. The molecular formula is C9H11N3OS. The number of aliphatic hydroxyl groups is 1. The van der Waals surface area contributed by atoms with Crippen LogP contribution in [-0.4, -0.2) is 26.5 Å². The molecule has 0 saturated carbocycles. The van der Waals surface area contributed by atoms with Gasteiger partial charge in [-0.3, -0.25) is 9.99 Å². The Morgan fingerprint density at radius 2 is 2.21 bits per heavy atom. The fourth-order valence-electron chi connectivity index (χ4n) is 1.28. The van der Waals surface area contributed by atoms with E-state index >= 15 is 0 Å². The van der Waals surface area contributed by atoms with E-state index in [2.05, 4.69) is 10.1 Å². The summed E-state index contributed by atoms with van der Waals surface area (Å²) >= 11 is 1.56. The van der Waals surface area contributed by atoms with Gasteiger partial charge in [0.2, 0.25) is 0 Å². The summed E-state index contributed by atoms with van der Waals surface area (Å²) < 4.78 is 0. The summed E-state index contributed by atoms with van der Waals surface area (Å²) in [5.74, 6) is 0.676. The Balaban J connectivity index is 2.27. The second kappa shape index (κ2) is 3.59. The second-order valence-electron chi connectivity index (χ2n) is 3.17. The van der Waals surface area contributed by atoms with Gasteiger partial charge >= 0.3 is 0 Å². The first-order valence-corrected chi connectivity index (χ1v) is 5.31. The highest BCUT2D eigenvalue weighted by Crippen LogP contribution is 2.28. The summed E-state index contributed by atoms with van der Waals surface area (Å²) in [5, 5.41) is 16.0.